The van der Waals surface area contributed by atoms with Gasteiger partial charge < -0.3 is 15.2 Å². The van der Waals surface area contributed by atoms with Gasteiger partial charge in [0.2, 0.25) is 0 Å². The molecule has 2 aromatic heterocycles. The number of ether oxygens (including phenoxy) is 2. The summed E-state index contributed by atoms with van der Waals surface area (Å²) in [6.45, 7) is 0. The van der Waals surface area contributed by atoms with E-state index in [1.165, 1.54) is 54.7 Å². The molecule has 0 unspecified atom stereocenters. The molecular weight excluding hydrogens is 405 g/mol. The molecule has 0 saturated carbocycles. The molecule has 0 aliphatic carbocycles. The van der Waals surface area contributed by atoms with Crippen LogP contribution in [-0.2, 0) is 7.05 Å². The zero-order valence-electron chi connectivity index (χ0n) is 16.9. The van der Waals surface area contributed by atoms with E-state index < -0.39 is 17.4 Å². The topological polar surface area (TPSA) is 114 Å². The Morgan fingerprint density at radius 1 is 1.03 bits per heavy atom. The quantitative estimate of drug-likeness (QED) is 0.525. The van der Waals surface area contributed by atoms with Crippen LogP contribution in [0.15, 0.2) is 47.3 Å². The Balaban J connectivity index is 2.08. The molecule has 0 saturated heterocycles. The summed E-state index contributed by atoms with van der Waals surface area (Å²) in [6.07, 6.45) is 0. The summed E-state index contributed by atoms with van der Waals surface area (Å²) < 4.78 is 26.5. The number of carbonyl (C=O) groups is 1. The highest BCUT2D eigenvalue weighted by Gasteiger charge is 2.23. The van der Waals surface area contributed by atoms with E-state index in [0.29, 0.717) is 22.7 Å². The number of halogens is 1. The van der Waals surface area contributed by atoms with Crippen LogP contribution >= 0.6 is 0 Å². The summed E-state index contributed by atoms with van der Waals surface area (Å²) in [5.74, 6) is -0.158. The maximum absolute atomic E-state index is 13.4. The minimum absolute atomic E-state index is 0.123. The molecule has 0 aliphatic rings. The molecular formula is C21H18FN5O4. The second-order valence-corrected chi connectivity index (χ2v) is 6.69. The maximum atomic E-state index is 13.4. The number of fused-ring (bicyclic) bond motifs is 1. The van der Waals surface area contributed by atoms with Gasteiger partial charge in [0.15, 0.2) is 17.2 Å². The van der Waals surface area contributed by atoms with E-state index in [2.05, 4.69) is 9.97 Å². The van der Waals surface area contributed by atoms with Crippen LogP contribution in [0.5, 0.6) is 11.5 Å². The average molecular weight is 423 g/mol. The normalized spacial score (nSPS) is 11.0. The number of aryl methyl sites for hydroxylation is 1. The number of carbonyl (C=O) groups excluding carboxylic acids is 1. The molecule has 2 heterocycles. The van der Waals surface area contributed by atoms with E-state index in [9.17, 15) is 14.0 Å². The molecule has 158 valence electrons. The van der Waals surface area contributed by atoms with Crippen LogP contribution in [0.3, 0.4) is 0 Å². The number of hydrogen-bond donors (Lipinski definition) is 1. The van der Waals surface area contributed by atoms with Gasteiger partial charge >= 0.3 is 5.69 Å². The first-order valence-corrected chi connectivity index (χ1v) is 9.12. The number of benzene rings is 2. The standard InChI is InChI=1S/C21H18FN5O4/c1-26-17-16(18(23)28)24-19(11-8-14(30-2)10-15(9-11)31-3)25-20(17)27(21(26)29)13-6-4-12(22)5-7-13/h4-10H,1-3H3,(H2,23,28). The number of methoxy groups -OCH3 is 2. The second kappa shape index (κ2) is 7.56. The van der Waals surface area contributed by atoms with Crippen LogP contribution in [0.1, 0.15) is 10.5 Å². The van der Waals surface area contributed by atoms with E-state index in [-0.39, 0.29) is 22.7 Å². The monoisotopic (exact) mass is 423 g/mol. The van der Waals surface area contributed by atoms with Crippen LogP contribution in [0.2, 0.25) is 0 Å². The van der Waals surface area contributed by atoms with Gasteiger partial charge in [-0.1, -0.05) is 0 Å². The first-order valence-electron chi connectivity index (χ1n) is 9.12. The van der Waals surface area contributed by atoms with Gasteiger partial charge in [0, 0.05) is 18.7 Å². The van der Waals surface area contributed by atoms with E-state index in [1.54, 1.807) is 18.2 Å². The van der Waals surface area contributed by atoms with Gasteiger partial charge in [0.25, 0.3) is 5.91 Å². The Labute approximate surface area is 175 Å². The van der Waals surface area contributed by atoms with Crippen molar-refractivity contribution in [3.63, 3.8) is 0 Å². The Morgan fingerprint density at radius 2 is 1.65 bits per heavy atom. The number of rotatable bonds is 5. The fraction of sp³-hybridized carbons (Fsp3) is 0.143. The van der Waals surface area contributed by atoms with Crippen molar-refractivity contribution < 1.29 is 18.7 Å². The van der Waals surface area contributed by atoms with Crippen molar-refractivity contribution in [3.8, 4) is 28.6 Å². The number of nitrogens with zero attached hydrogens (tertiary/aromatic N) is 4. The molecule has 0 aliphatic heterocycles. The number of hydrogen-bond acceptors (Lipinski definition) is 6. The lowest BCUT2D eigenvalue weighted by Gasteiger charge is -2.10. The van der Waals surface area contributed by atoms with Crippen LogP contribution in [0.25, 0.3) is 28.2 Å². The fourth-order valence-corrected chi connectivity index (χ4v) is 3.30. The number of aromatic nitrogens is 4. The van der Waals surface area contributed by atoms with E-state index in [4.69, 9.17) is 15.2 Å². The number of primary amides is 1. The molecule has 0 bridgehead atoms. The largest absolute Gasteiger partial charge is 0.497 e. The number of nitrogens with two attached hydrogens (primary N) is 1. The molecule has 1 amide bonds. The Bertz CT molecular complexity index is 1350. The zero-order chi connectivity index (χ0) is 22.3. The predicted molar refractivity (Wildman–Crippen MR) is 111 cm³/mol. The third-order valence-corrected chi connectivity index (χ3v) is 4.82. The van der Waals surface area contributed by atoms with Gasteiger partial charge in [-0.2, -0.15) is 0 Å². The molecule has 0 spiro atoms. The lowest BCUT2D eigenvalue weighted by molar-refractivity contribution is 0.0997. The molecule has 31 heavy (non-hydrogen) atoms. The lowest BCUT2D eigenvalue weighted by Crippen LogP contribution is -2.21. The van der Waals surface area contributed by atoms with Crippen LogP contribution in [0.4, 0.5) is 4.39 Å². The molecule has 0 radical (unpaired) electrons. The van der Waals surface area contributed by atoms with Crippen LogP contribution < -0.4 is 20.9 Å². The molecule has 2 aromatic carbocycles. The van der Waals surface area contributed by atoms with E-state index in [1.807, 2.05) is 0 Å². The summed E-state index contributed by atoms with van der Waals surface area (Å²) in [6, 6.07) is 10.3. The van der Waals surface area contributed by atoms with Crippen molar-refractivity contribution in [2.75, 3.05) is 14.2 Å². The minimum atomic E-state index is -0.824. The minimum Gasteiger partial charge on any atom is -0.497 e. The Morgan fingerprint density at radius 3 is 2.19 bits per heavy atom. The third-order valence-electron chi connectivity index (χ3n) is 4.82. The van der Waals surface area contributed by atoms with E-state index in [0.717, 1.165) is 0 Å². The van der Waals surface area contributed by atoms with Crippen molar-refractivity contribution in [2.24, 2.45) is 12.8 Å². The number of imidazole rings is 1. The molecule has 4 aromatic rings. The van der Waals surface area contributed by atoms with Gasteiger partial charge in [-0.3, -0.25) is 9.36 Å². The Hall–Kier alpha value is -4.21. The van der Waals surface area contributed by atoms with E-state index >= 15 is 0 Å². The fourth-order valence-electron chi connectivity index (χ4n) is 3.30. The second-order valence-electron chi connectivity index (χ2n) is 6.69. The highest BCUT2D eigenvalue weighted by molar-refractivity contribution is 6.02. The summed E-state index contributed by atoms with van der Waals surface area (Å²) >= 11 is 0. The lowest BCUT2D eigenvalue weighted by atomic mass is 10.1. The van der Waals surface area contributed by atoms with Crippen molar-refractivity contribution in [1.82, 2.24) is 19.1 Å². The maximum Gasteiger partial charge on any atom is 0.334 e. The van der Waals surface area contributed by atoms with Crippen molar-refractivity contribution in [3.05, 3.63) is 64.5 Å². The first kappa shape index (κ1) is 20.1. The zero-order valence-corrected chi connectivity index (χ0v) is 16.9. The molecule has 0 atom stereocenters. The van der Waals surface area contributed by atoms with Gasteiger partial charge in [-0.05, 0) is 36.4 Å². The Kier molecular flexibility index (Phi) is 4.90. The third kappa shape index (κ3) is 3.37. The smallest absolute Gasteiger partial charge is 0.334 e. The van der Waals surface area contributed by atoms with Crippen LogP contribution in [0, 0.1) is 5.82 Å². The van der Waals surface area contributed by atoms with Gasteiger partial charge in [0.05, 0.1) is 19.9 Å². The number of amides is 1. The highest BCUT2D eigenvalue weighted by Crippen LogP contribution is 2.29. The first-order chi connectivity index (χ1) is 14.8. The summed E-state index contributed by atoms with van der Waals surface area (Å²) in [5.41, 5.74) is 6.15. The van der Waals surface area contributed by atoms with Gasteiger partial charge in [-0.25, -0.2) is 23.7 Å². The molecule has 0 fully saturated rings. The summed E-state index contributed by atoms with van der Waals surface area (Å²) in [4.78, 5) is 34.0. The highest BCUT2D eigenvalue weighted by atomic mass is 19.1. The molecule has 9 nitrogen and oxygen atoms in total. The van der Waals surface area contributed by atoms with Crippen molar-refractivity contribution >= 4 is 17.1 Å². The van der Waals surface area contributed by atoms with Crippen LogP contribution in [-0.4, -0.2) is 39.2 Å². The van der Waals surface area contributed by atoms with Gasteiger partial charge in [0.1, 0.15) is 22.8 Å². The molecule has 4 rings (SSSR count). The summed E-state index contributed by atoms with van der Waals surface area (Å²) in [5, 5.41) is 0. The van der Waals surface area contributed by atoms with Crippen molar-refractivity contribution in [2.45, 2.75) is 0 Å². The SMILES string of the molecule is COc1cc(OC)cc(-c2nc(C(N)=O)c3c(n2)n(-c2ccc(F)cc2)c(=O)n3C)c1. The molecule has 10 heteroatoms. The average Bonchev–Trinajstić information content (AvgIpc) is 3.03. The van der Waals surface area contributed by atoms with Crippen molar-refractivity contribution in [1.29, 1.82) is 0 Å². The molecule has 2 N–H and O–H groups in total. The summed E-state index contributed by atoms with van der Waals surface area (Å²) in [7, 11) is 4.48. The predicted octanol–water partition coefficient (Wildman–Crippen LogP) is 2.04. The van der Waals surface area contributed by atoms with Gasteiger partial charge in [-0.15, -0.1) is 0 Å².